The van der Waals surface area contributed by atoms with E-state index in [1.807, 2.05) is 55.5 Å². The Labute approximate surface area is 160 Å². The molecular weight excluding hydrogens is 342 g/mol. The number of hydrogen-bond acceptors (Lipinski definition) is 3. The highest BCUT2D eigenvalue weighted by Gasteiger charge is 2.24. The van der Waals surface area contributed by atoms with Gasteiger partial charge in [0, 0.05) is 38.8 Å². The molecule has 1 aromatic carbocycles. The molecule has 1 aliphatic rings. The summed E-state index contributed by atoms with van der Waals surface area (Å²) in [6.45, 7) is 8.40. The molecule has 0 spiro atoms. The van der Waals surface area contributed by atoms with Gasteiger partial charge in [-0.2, -0.15) is 0 Å². The number of aryl methyl sites for hydroxylation is 1. The molecule has 7 heteroatoms. The third kappa shape index (κ3) is 4.78. The fraction of sp³-hybridized carbons (Fsp3) is 0.550. The molecule has 1 aromatic heterocycles. The van der Waals surface area contributed by atoms with Gasteiger partial charge in [-0.05, 0) is 44.9 Å². The van der Waals surface area contributed by atoms with Gasteiger partial charge in [-0.1, -0.05) is 6.07 Å². The van der Waals surface area contributed by atoms with Crippen LogP contribution in [0.25, 0.3) is 11.0 Å². The Bertz CT molecular complexity index is 836. The van der Waals surface area contributed by atoms with Crippen LogP contribution in [0.15, 0.2) is 24.5 Å². The zero-order valence-corrected chi connectivity index (χ0v) is 16.7. The van der Waals surface area contributed by atoms with Gasteiger partial charge in [-0.25, -0.2) is 9.78 Å². The number of imidazole rings is 1. The average Bonchev–Trinajstić information content (AvgIpc) is 2.81. The van der Waals surface area contributed by atoms with Crippen LogP contribution in [0.2, 0.25) is 0 Å². The molecule has 146 valence electrons. The maximum Gasteiger partial charge on any atom is 0.317 e. The Hall–Kier alpha value is -2.57. The van der Waals surface area contributed by atoms with E-state index < -0.39 is 0 Å². The van der Waals surface area contributed by atoms with Crippen molar-refractivity contribution in [2.45, 2.75) is 39.2 Å². The molecule has 1 saturated heterocycles. The van der Waals surface area contributed by atoms with E-state index >= 15 is 0 Å². The van der Waals surface area contributed by atoms with Crippen LogP contribution < -0.4 is 5.32 Å². The molecule has 0 saturated carbocycles. The molecule has 0 radical (unpaired) electrons. The molecule has 2 aromatic rings. The van der Waals surface area contributed by atoms with E-state index in [9.17, 15) is 9.59 Å². The Morgan fingerprint density at radius 3 is 2.56 bits per heavy atom. The van der Waals surface area contributed by atoms with Gasteiger partial charge in [-0.3, -0.25) is 4.79 Å². The number of amides is 3. The van der Waals surface area contributed by atoms with Gasteiger partial charge in [0.05, 0.1) is 23.8 Å². The number of aromatic nitrogens is 2. The van der Waals surface area contributed by atoms with Crippen LogP contribution >= 0.6 is 0 Å². The van der Waals surface area contributed by atoms with Gasteiger partial charge in [0.15, 0.2) is 0 Å². The summed E-state index contributed by atoms with van der Waals surface area (Å²) >= 11 is 0. The minimum atomic E-state index is -0.261. The van der Waals surface area contributed by atoms with Crippen molar-refractivity contribution in [3.05, 3.63) is 30.1 Å². The number of nitrogens with zero attached hydrogens (tertiary/aromatic N) is 4. The monoisotopic (exact) mass is 371 g/mol. The van der Waals surface area contributed by atoms with E-state index in [2.05, 4.69) is 10.3 Å². The maximum absolute atomic E-state index is 12.7. The summed E-state index contributed by atoms with van der Waals surface area (Å²) in [6, 6.07) is 5.92. The van der Waals surface area contributed by atoms with Crippen molar-refractivity contribution in [2.75, 3.05) is 26.2 Å². The van der Waals surface area contributed by atoms with Crippen molar-refractivity contribution in [1.82, 2.24) is 24.7 Å². The normalized spacial score (nSPS) is 15.7. The predicted molar refractivity (Wildman–Crippen MR) is 105 cm³/mol. The van der Waals surface area contributed by atoms with Crippen LogP contribution in [0.1, 0.15) is 32.8 Å². The van der Waals surface area contributed by atoms with E-state index in [0.717, 1.165) is 23.0 Å². The van der Waals surface area contributed by atoms with E-state index in [0.29, 0.717) is 32.6 Å². The molecule has 1 N–H and O–H groups in total. The van der Waals surface area contributed by atoms with Gasteiger partial charge in [0.25, 0.3) is 0 Å². The molecule has 0 bridgehead atoms. The molecular formula is C20H29N5O2. The van der Waals surface area contributed by atoms with Crippen molar-refractivity contribution < 1.29 is 9.59 Å². The number of hydrogen-bond donors (Lipinski definition) is 1. The van der Waals surface area contributed by atoms with Gasteiger partial charge < -0.3 is 19.7 Å². The first-order valence-corrected chi connectivity index (χ1v) is 9.48. The summed E-state index contributed by atoms with van der Waals surface area (Å²) in [7, 11) is 1.96. The van der Waals surface area contributed by atoms with Crippen LogP contribution in [0.5, 0.6) is 0 Å². The van der Waals surface area contributed by atoms with Crippen LogP contribution in [-0.2, 0) is 18.3 Å². The standard InChI is InChI=1S/C20H29N5O2/c1-20(2,3)22-19(27)25-9-5-8-24(10-11-25)18(26)13-15-6-7-17-16(12-15)21-14-23(17)4/h6-7,12,14H,5,8-11,13H2,1-4H3,(H,22,27). The van der Waals surface area contributed by atoms with Gasteiger partial charge in [0.1, 0.15) is 0 Å². The second kappa shape index (κ2) is 7.58. The first-order chi connectivity index (χ1) is 12.7. The first-order valence-electron chi connectivity index (χ1n) is 9.48. The molecule has 2 heterocycles. The van der Waals surface area contributed by atoms with Crippen molar-refractivity contribution in [2.24, 2.45) is 7.05 Å². The summed E-state index contributed by atoms with van der Waals surface area (Å²) in [5.74, 6) is 0.100. The van der Waals surface area contributed by atoms with E-state index in [-0.39, 0.29) is 17.5 Å². The Morgan fingerprint density at radius 1 is 1.11 bits per heavy atom. The number of urea groups is 1. The van der Waals surface area contributed by atoms with Crippen LogP contribution in [0.4, 0.5) is 4.79 Å². The lowest BCUT2D eigenvalue weighted by Crippen LogP contribution is -2.49. The van der Waals surface area contributed by atoms with E-state index in [1.54, 1.807) is 11.2 Å². The average molecular weight is 371 g/mol. The fourth-order valence-electron chi connectivity index (χ4n) is 3.35. The molecule has 3 amide bonds. The quantitative estimate of drug-likeness (QED) is 0.879. The van der Waals surface area contributed by atoms with Crippen LogP contribution in [-0.4, -0.2) is 63.0 Å². The van der Waals surface area contributed by atoms with Crippen LogP contribution in [0.3, 0.4) is 0 Å². The summed E-state index contributed by atoms with van der Waals surface area (Å²) < 4.78 is 1.97. The number of benzene rings is 1. The van der Waals surface area contributed by atoms with E-state index in [4.69, 9.17) is 0 Å². The lowest BCUT2D eigenvalue weighted by Gasteiger charge is -2.27. The summed E-state index contributed by atoms with van der Waals surface area (Å²) in [6.07, 6.45) is 2.94. The highest BCUT2D eigenvalue weighted by molar-refractivity contribution is 5.82. The zero-order chi connectivity index (χ0) is 19.6. The third-order valence-electron chi connectivity index (χ3n) is 4.76. The fourth-order valence-corrected chi connectivity index (χ4v) is 3.35. The Morgan fingerprint density at radius 2 is 1.81 bits per heavy atom. The molecule has 0 aliphatic carbocycles. The maximum atomic E-state index is 12.7. The van der Waals surface area contributed by atoms with Crippen molar-refractivity contribution in [3.8, 4) is 0 Å². The Balaban J connectivity index is 1.59. The van der Waals surface area contributed by atoms with Gasteiger partial charge >= 0.3 is 6.03 Å². The SMILES string of the molecule is Cn1cnc2cc(CC(=O)N3CCCN(C(=O)NC(C)(C)C)CC3)ccc21. The molecule has 1 fully saturated rings. The summed E-state index contributed by atoms with van der Waals surface area (Å²) in [4.78, 5) is 33.1. The number of rotatable bonds is 2. The molecule has 0 atom stereocenters. The minimum Gasteiger partial charge on any atom is -0.341 e. The Kier molecular flexibility index (Phi) is 5.39. The smallest absolute Gasteiger partial charge is 0.317 e. The van der Waals surface area contributed by atoms with Crippen molar-refractivity contribution >= 4 is 23.0 Å². The van der Waals surface area contributed by atoms with Crippen molar-refractivity contribution in [1.29, 1.82) is 0 Å². The number of carbonyl (C=O) groups is 2. The minimum absolute atomic E-state index is 0.0580. The second-order valence-electron chi connectivity index (χ2n) is 8.26. The number of carbonyl (C=O) groups excluding carboxylic acids is 2. The summed E-state index contributed by atoms with van der Waals surface area (Å²) in [5.41, 5.74) is 2.67. The second-order valence-corrected chi connectivity index (χ2v) is 8.26. The van der Waals surface area contributed by atoms with Crippen molar-refractivity contribution in [3.63, 3.8) is 0 Å². The molecule has 0 unspecified atom stereocenters. The first kappa shape index (κ1) is 19.2. The lowest BCUT2D eigenvalue weighted by molar-refractivity contribution is -0.130. The van der Waals surface area contributed by atoms with E-state index in [1.165, 1.54) is 0 Å². The van der Waals surface area contributed by atoms with Crippen LogP contribution in [0, 0.1) is 0 Å². The molecule has 1 aliphatic heterocycles. The molecule has 7 nitrogen and oxygen atoms in total. The van der Waals surface area contributed by atoms with Gasteiger partial charge in [-0.15, -0.1) is 0 Å². The topological polar surface area (TPSA) is 70.5 Å². The van der Waals surface area contributed by atoms with Gasteiger partial charge in [0.2, 0.25) is 5.91 Å². The lowest BCUT2D eigenvalue weighted by atomic mass is 10.1. The molecule has 27 heavy (non-hydrogen) atoms. The highest BCUT2D eigenvalue weighted by Crippen LogP contribution is 2.15. The number of nitrogens with one attached hydrogen (secondary N) is 1. The highest BCUT2D eigenvalue weighted by atomic mass is 16.2. The largest absolute Gasteiger partial charge is 0.341 e. The number of fused-ring (bicyclic) bond motifs is 1. The summed E-state index contributed by atoms with van der Waals surface area (Å²) in [5, 5.41) is 2.99. The zero-order valence-electron chi connectivity index (χ0n) is 16.7. The third-order valence-corrected chi connectivity index (χ3v) is 4.76. The molecule has 3 rings (SSSR count). The predicted octanol–water partition coefficient (Wildman–Crippen LogP) is 2.16.